The maximum Gasteiger partial charge on any atom is 0.344 e. The lowest BCUT2D eigenvalue weighted by Gasteiger charge is -2.05. The molecule has 0 aliphatic rings. The number of para-hydroxylation sites is 1. The predicted molar refractivity (Wildman–Crippen MR) is 83.3 cm³/mol. The highest BCUT2D eigenvalue weighted by atomic mass is 79.9. The van der Waals surface area contributed by atoms with Crippen molar-refractivity contribution in [2.75, 3.05) is 0 Å². The minimum Gasteiger partial charge on any atom is -0.422 e. The first-order valence-corrected chi connectivity index (χ1v) is 7.22. The van der Waals surface area contributed by atoms with Gasteiger partial charge < -0.3 is 4.42 Å². The Kier molecular flexibility index (Phi) is 3.29. The van der Waals surface area contributed by atoms with Crippen LogP contribution in [0, 0.1) is 0 Å². The zero-order valence-electron chi connectivity index (χ0n) is 9.69. The van der Waals surface area contributed by atoms with Crippen molar-refractivity contribution in [3.63, 3.8) is 0 Å². The van der Waals surface area contributed by atoms with E-state index < -0.39 is 0 Å². The standard InChI is InChI=1S/C15H8Br2O2/c16-10-5-6-11(13(17)8-10)12-7-9-3-1-2-4-14(9)19-15(12)18/h1-8H. The third-order valence-electron chi connectivity index (χ3n) is 2.86. The quantitative estimate of drug-likeness (QED) is 0.558. The second kappa shape index (κ2) is 4.94. The minimum atomic E-state index is -0.332. The van der Waals surface area contributed by atoms with Gasteiger partial charge in [-0.15, -0.1) is 0 Å². The van der Waals surface area contributed by atoms with Crippen molar-refractivity contribution in [2.24, 2.45) is 0 Å². The van der Waals surface area contributed by atoms with Gasteiger partial charge in [0.05, 0.1) is 5.56 Å². The van der Waals surface area contributed by atoms with E-state index in [-0.39, 0.29) is 5.63 Å². The zero-order valence-corrected chi connectivity index (χ0v) is 12.9. The van der Waals surface area contributed by atoms with Gasteiger partial charge in [-0.25, -0.2) is 4.79 Å². The van der Waals surface area contributed by atoms with E-state index in [1.165, 1.54) is 0 Å². The SMILES string of the molecule is O=c1oc2ccccc2cc1-c1ccc(Br)cc1Br. The molecule has 0 aliphatic carbocycles. The van der Waals surface area contributed by atoms with E-state index in [0.29, 0.717) is 11.1 Å². The molecule has 0 amide bonds. The Morgan fingerprint density at radius 2 is 1.68 bits per heavy atom. The average molecular weight is 380 g/mol. The third-order valence-corrected chi connectivity index (χ3v) is 4.01. The highest BCUT2D eigenvalue weighted by molar-refractivity contribution is 9.11. The fraction of sp³-hybridized carbons (Fsp3) is 0. The van der Waals surface area contributed by atoms with Crippen LogP contribution in [0.1, 0.15) is 0 Å². The predicted octanol–water partition coefficient (Wildman–Crippen LogP) is 4.99. The summed E-state index contributed by atoms with van der Waals surface area (Å²) in [5.74, 6) is 0. The number of hydrogen-bond acceptors (Lipinski definition) is 2. The van der Waals surface area contributed by atoms with Gasteiger partial charge in [0.15, 0.2) is 0 Å². The van der Waals surface area contributed by atoms with Crippen molar-refractivity contribution in [3.8, 4) is 11.1 Å². The van der Waals surface area contributed by atoms with Gasteiger partial charge >= 0.3 is 5.63 Å². The first kappa shape index (κ1) is 12.6. The number of benzene rings is 2. The lowest BCUT2D eigenvalue weighted by atomic mass is 10.1. The molecule has 94 valence electrons. The topological polar surface area (TPSA) is 30.2 Å². The summed E-state index contributed by atoms with van der Waals surface area (Å²) in [6, 6.07) is 15.0. The molecule has 0 saturated carbocycles. The molecule has 0 radical (unpaired) electrons. The van der Waals surface area contributed by atoms with E-state index in [1.54, 1.807) is 6.07 Å². The maximum atomic E-state index is 12.1. The van der Waals surface area contributed by atoms with Gasteiger partial charge in [0.25, 0.3) is 0 Å². The largest absolute Gasteiger partial charge is 0.422 e. The van der Waals surface area contributed by atoms with Crippen LogP contribution in [0.2, 0.25) is 0 Å². The van der Waals surface area contributed by atoms with Crippen molar-refractivity contribution in [1.82, 2.24) is 0 Å². The van der Waals surface area contributed by atoms with E-state index >= 15 is 0 Å². The summed E-state index contributed by atoms with van der Waals surface area (Å²) in [7, 11) is 0. The smallest absolute Gasteiger partial charge is 0.344 e. The molecule has 2 nitrogen and oxygen atoms in total. The molecular formula is C15H8Br2O2. The fourth-order valence-electron chi connectivity index (χ4n) is 1.96. The molecule has 3 aromatic rings. The number of fused-ring (bicyclic) bond motifs is 1. The first-order valence-electron chi connectivity index (χ1n) is 5.63. The van der Waals surface area contributed by atoms with Crippen LogP contribution < -0.4 is 5.63 Å². The van der Waals surface area contributed by atoms with Gasteiger partial charge in [-0.3, -0.25) is 0 Å². The average Bonchev–Trinajstić information content (AvgIpc) is 2.38. The minimum absolute atomic E-state index is 0.332. The lowest BCUT2D eigenvalue weighted by molar-refractivity contribution is 0.563. The van der Waals surface area contributed by atoms with E-state index in [9.17, 15) is 4.79 Å². The van der Waals surface area contributed by atoms with Gasteiger partial charge in [0.1, 0.15) is 5.58 Å². The second-order valence-electron chi connectivity index (χ2n) is 4.11. The molecule has 0 spiro atoms. The van der Waals surface area contributed by atoms with Crippen LogP contribution in [-0.2, 0) is 0 Å². The van der Waals surface area contributed by atoms with Crippen LogP contribution in [0.15, 0.2) is 66.7 Å². The van der Waals surface area contributed by atoms with Gasteiger partial charge in [0.2, 0.25) is 0 Å². The summed E-state index contributed by atoms with van der Waals surface area (Å²) in [6.45, 7) is 0. The molecular weight excluding hydrogens is 372 g/mol. The molecule has 0 atom stereocenters. The van der Waals surface area contributed by atoms with E-state index in [2.05, 4.69) is 31.9 Å². The zero-order chi connectivity index (χ0) is 13.4. The summed E-state index contributed by atoms with van der Waals surface area (Å²) in [6.07, 6.45) is 0. The van der Waals surface area contributed by atoms with Crippen molar-refractivity contribution in [2.45, 2.75) is 0 Å². The Bertz CT molecular complexity index is 822. The van der Waals surface area contributed by atoms with Crippen LogP contribution in [0.4, 0.5) is 0 Å². The highest BCUT2D eigenvalue weighted by Gasteiger charge is 2.10. The summed E-state index contributed by atoms with van der Waals surface area (Å²) in [5, 5.41) is 0.909. The molecule has 0 N–H and O–H groups in total. The molecule has 1 heterocycles. The summed E-state index contributed by atoms with van der Waals surface area (Å²) >= 11 is 6.87. The molecule has 0 bridgehead atoms. The number of hydrogen-bond donors (Lipinski definition) is 0. The van der Waals surface area contributed by atoms with Crippen LogP contribution in [-0.4, -0.2) is 0 Å². The number of rotatable bonds is 1. The van der Waals surface area contributed by atoms with Crippen molar-refractivity contribution < 1.29 is 4.42 Å². The molecule has 0 saturated heterocycles. The molecule has 4 heteroatoms. The van der Waals surface area contributed by atoms with Crippen molar-refractivity contribution >= 4 is 42.8 Å². The highest BCUT2D eigenvalue weighted by Crippen LogP contribution is 2.30. The summed E-state index contributed by atoms with van der Waals surface area (Å²) in [4.78, 5) is 12.1. The van der Waals surface area contributed by atoms with Gasteiger partial charge in [-0.1, -0.05) is 56.1 Å². The van der Waals surface area contributed by atoms with E-state index in [0.717, 1.165) is 19.9 Å². The molecule has 19 heavy (non-hydrogen) atoms. The van der Waals surface area contributed by atoms with Gasteiger partial charge in [0, 0.05) is 19.9 Å². The summed E-state index contributed by atoms with van der Waals surface area (Å²) in [5.41, 5.74) is 1.65. The van der Waals surface area contributed by atoms with Gasteiger partial charge in [-0.2, -0.15) is 0 Å². The normalized spacial score (nSPS) is 10.8. The Hall–Kier alpha value is -1.39. The number of halogens is 2. The lowest BCUT2D eigenvalue weighted by Crippen LogP contribution is -2.02. The van der Waals surface area contributed by atoms with E-state index in [1.807, 2.05) is 42.5 Å². The molecule has 1 aromatic heterocycles. The first-order chi connectivity index (χ1) is 9.15. The van der Waals surface area contributed by atoms with Crippen LogP contribution >= 0.6 is 31.9 Å². The second-order valence-corrected chi connectivity index (χ2v) is 5.88. The third kappa shape index (κ3) is 2.38. The van der Waals surface area contributed by atoms with Crippen LogP contribution in [0.3, 0.4) is 0 Å². The van der Waals surface area contributed by atoms with E-state index in [4.69, 9.17) is 4.42 Å². The maximum absolute atomic E-state index is 12.1. The Balaban J connectivity index is 2.30. The summed E-state index contributed by atoms with van der Waals surface area (Å²) < 4.78 is 7.15. The Morgan fingerprint density at radius 1 is 0.895 bits per heavy atom. The van der Waals surface area contributed by atoms with Crippen molar-refractivity contribution in [1.29, 1.82) is 0 Å². The van der Waals surface area contributed by atoms with Crippen molar-refractivity contribution in [3.05, 3.63) is 67.9 Å². The Morgan fingerprint density at radius 3 is 2.47 bits per heavy atom. The Labute approximate surface area is 126 Å². The van der Waals surface area contributed by atoms with Gasteiger partial charge in [-0.05, 0) is 24.3 Å². The molecule has 0 aliphatic heterocycles. The molecule has 0 fully saturated rings. The monoisotopic (exact) mass is 378 g/mol. The molecule has 0 unspecified atom stereocenters. The molecule has 3 rings (SSSR count). The van der Waals surface area contributed by atoms with Crippen LogP contribution in [0.5, 0.6) is 0 Å². The fourth-order valence-corrected chi connectivity index (χ4v) is 3.22. The van der Waals surface area contributed by atoms with Crippen LogP contribution in [0.25, 0.3) is 22.1 Å². The molecule has 2 aromatic carbocycles.